The molecule has 126 valence electrons. The van der Waals surface area contributed by atoms with Crippen molar-refractivity contribution in [2.24, 2.45) is 0 Å². The molecule has 0 aliphatic heterocycles. The smallest absolute Gasteiger partial charge is 0.310 e. The Morgan fingerprint density at radius 1 is 1.12 bits per heavy atom. The predicted octanol–water partition coefficient (Wildman–Crippen LogP) is 2.82. The van der Waals surface area contributed by atoms with Crippen molar-refractivity contribution in [3.05, 3.63) is 63.7 Å². The summed E-state index contributed by atoms with van der Waals surface area (Å²) in [5.41, 5.74) is -0.184. The van der Waals surface area contributed by atoms with Crippen LogP contribution in [0.3, 0.4) is 0 Å². The van der Waals surface area contributed by atoms with E-state index in [4.69, 9.17) is 21.1 Å². The maximum atomic E-state index is 11.7. The summed E-state index contributed by atoms with van der Waals surface area (Å²) in [4.78, 5) is 21.9. The van der Waals surface area contributed by atoms with Gasteiger partial charge in [-0.15, -0.1) is 0 Å². The van der Waals surface area contributed by atoms with Gasteiger partial charge in [0.05, 0.1) is 11.5 Å². The van der Waals surface area contributed by atoms with Gasteiger partial charge in [-0.3, -0.25) is 14.9 Å². The van der Waals surface area contributed by atoms with Crippen molar-refractivity contribution in [2.75, 3.05) is 19.8 Å². The van der Waals surface area contributed by atoms with E-state index in [9.17, 15) is 14.9 Å². The third-order valence-corrected chi connectivity index (χ3v) is 3.18. The quantitative estimate of drug-likeness (QED) is 0.449. The largest absolute Gasteiger partial charge is 0.492 e. The van der Waals surface area contributed by atoms with Gasteiger partial charge in [-0.25, -0.2) is 0 Å². The number of benzene rings is 2. The fourth-order valence-corrected chi connectivity index (χ4v) is 1.94. The summed E-state index contributed by atoms with van der Waals surface area (Å²) >= 11 is 5.76. The van der Waals surface area contributed by atoms with Gasteiger partial charge in [0.2, 0.25) is 0 Å². The molecule has 0 unspecified atom stereocenters. The minimum Gasteiger partial charge on any atom is -0.492 e. The van der Waals surface area contributed by atoms with Crippen LogP contribution in [0, 0.1) is 10.1 Å². The molecule has 0 aromatic heterocycles. The number of nitrogens with zero attached hydrogens (tertiary/aromatic N) is 1. The zero-order valence-corrected chi connectivity index (χ0v) is 13.4. The second kappa shape index (κ2) is 8.73. The van der Waals surface area contributed by atoms with Crippen molar-refractivity contribution < 1.29 is 19.2 Å². The monoisotopic (exact) mass is 350 g/mol. The van der Waals surface area contributed by atoms with Crippen molar-refractivity contribution in [1.82, 2.24) is 5.32 Å². The number of hydrogen-bond acceptors (Lipinski definition) is 5. The van der Waals surface area contributed by atoms with Gasteiger partial charge >= 0.3 is 5.69 Å². The molecule has 8 heteroatoms. The number of carbonyl (C=O) groups is 1. The van der Waals surface area contributed by atoms with Gasteiger partial charge in [0.15, 0.2) is 12.4 Å². The Labute approximate surface area is 143 Å². The van der Waals surface area contributed by atoms with Crippen molar-refractivity contribution in [3.63, 3.8) is 0 Å². The summed E-state index contributed by atoms with van der Waals surface area (Å²) in [5, 5.41) is 14.0. The number of para-hydroxylation sites is 2. The van der Waals surface area contributed by atoms with Crippen LogP contribution in [0.25, 0.3) is 0 Å². The lowest BCUT2D eigenvalue weighted by atomic mass is 10.3. The maximum absolute atomic E-state index is 11.7. The summed E-state index contributed by atoms with van der Waals surface area (Å²) in [6.45, 7) is 0.242. The number of nitro groups is 1. The molecule has 24 heavy (non-hydrogen) atoms. The van der Waals surface area contributed by atoms with Gasteiger partial charge in [-0.1, -0.05) is 23.7 Å². The zero-order chi connectivity index (χ0) is 17.4. The summed E-state index contributed by atoms with van der Waals surface area (Å²) < 4.78 is 10.6. The molecule has 2 rings (SSSR count). The lowest BCUT2D eigenvalue weighted by molar-refractivity contribution is -0.385. The molecular formula is C16H15ClN2O5. The van der Waals surface area contributed by atoms with Crippen LogP contribution >= 0.6 is 11.6 Å². The van der Waals surface area contributed by atoms with E-state index in [1.807, 2.05) is 0 Å². The summed E-state index contributed by atoms with van der Waals surface area (Å²) in [6.07, 6.45) is 0. The second-order valence-electron chi connectivity index (χ2n) is 4.67. The SMILES string of the molecule is O=C(COc1ccccc1[N+](=O)[O-])NCCOc1ccc(Cl)cc1. The van der Waals surface area contributed by atoms with Crippen LogP contribution in [0.1, 0.15) is 0 Å². The molecule has 0 heterocycles. The first-order chi connectivity index (χ1) is 11.6. The standard InChI is InChI=1S/C16H15ClN2O5/c17-12-5-7-13(8-6-12)23-10-9-18-16(20)11-24-15-4-2-1-3-14(15)19(21)22/h1-8H,9-11H2,(H,18,20). The molecule has 1 amide bonds. The average molecular weight is 351 g/mol. The van der Waals surface area contributed by atoms with Gasteiger partial charge < -0.3 is 14.8 Å². The molecule has 2 aromatic carbocycles. The third-order valence-electron chi connectivity index (χ3n) is 2.93. The molecule has 7 nitrogen and oxygen atoms in total. The van der Waals surface area contributed by atoms with Crippen molar-refractivity contribution in [2.45, 2.75) is 0 Å². The molecule has 1 N–H and O–H groups in total. The molecule has 0 fully saturated rings. The fraction of sp³-hybridized carbons (Fsp3) is 0.188. The van der Waals surface area contributed by atoms with Crippen LogP contribution in [0.4, 0.5) is 5.69 Å². The minimum atomic E-state index is -0.562. The minimum absolute atomic E-state index is 0.0510. The molecule has 2 aromatic rings. The van der Waals surface area contributed by atoms with Crippen LogP contribution in [0.5, 0.6) is 11.5 Å². The van der Waals surface area contributed by atoms with E-state index >= 15 is 0 Å². The highest BCUT2D eigenvalue weighted by Crippen LogP contribution is 2.25. The van der Waals surface area contributed by atoms with E-state index in [1.54, 1.807) is 30.3 Å². The number of nitro benzene ring substituents is 1. The van der Waals surface area contributed by atoms with Crippen LogP contribution in [0.2, 0.25) is 5.02 Å². The molecule has 0 radical (unpaired) electrons. The lowest BCUT2D eigenvalue weighted by Gasteiger charge is -2.09. The molecule has 0 saturated heterocycles. The molecule has 0 aliphatic rings. The van der Waals surface area contributed by atoms with Crippen molar-refractivity contribution >= 4 is 23.2 Å². The number of ether oxygens (including phenoxy) is 2. The van der Waals surface area contributed by atoms with E-state index in [0.29, 0.717) is 10.8 Å². The Morgan fingerprint density at radius 3 is 2.54 bits per heavy atom. The molecule has 0 bridgehead atoms. The van der Waals surface area contributed by atoms with Crippen LogP contribution < -0.4 is 14.8 Å². The van der Waals surface area contributed by atoms with Gasteiger partial charge in [-0.2, -0.15) is 0 Å². The van der Waals surface area contributed by atoms with E-state index in [-0.39, 0.29) is 31.2 Å². The molecule has 0 aliphatic carbocycles. The first kappa shape index (κ1) is 17.6. The average Bonchev–Trinajstić information content (AvgIpc) is 2.58. The lowest BCUT2D eigenvalue weighted by Crippen LogP contribution is -2.32. The highest BCUT2D eigenvalue weighted by molar-refractivity contribution is 6.30. The predicted molar refractivity (Wildman–Crippen MR) is 88.5 cm³/mol. The Bertz CT molecular complexity index is 706. The molecule has 0 atom stereocenters. The van der Waals surface area contributed by atoms with Crippen LogP contribution in [0.15, 0.2) is 48.5 Å². The number of rotatable bonds is 8. The Kier molecular flexibility index (Phi) is 6.39. The molecular weight excluding hydrogens is 336 g/mol. The van der Waals surface area contributed by atoms with Crippen LogP contribution in [-0.2, 0) is 4.79 Å². The van der Waals surface area contributed by atoms with Gasteiger partial charge in [0, 0.05) is 11.1 Å². The Balaban J connectivity index is 1.70. The van der Waals surface area contributed by atoms with Gasteiger partial charge in [-0.05, 0) is 30.3 Å². The molecule has 0 saturated carbocycles. The summed E-state index contributed by atoms with van der Waals surface area (Å²) in [6, 6.07) is 12.7. The number of amides is 1. The topological polar surface area (TPSA) is 90.7 Å². The molecule has 0 spiro atoms. The van der Waals surface area contributed by atoms with E-state index < -0.39 is 10.8 Å². The third kappa shape index (κ3) is 5.44. The number of carbonyl (C=O) groups excluding carboxylic acids is 1. The van der Waals surface area contributed by atoms with Crippen LogP contribution in [-0.4, -0.2) is 30.6 Å². The fourth-order valence-electron chi connectivity index (χ4n) is 1.81. The first-order valence-corrected chi connectivity index (χ1v) is 7.45. The number of hydrogen-bond donors (Lipinski definition) is 1. The first-order valence-electron chi connectivity index (χ1n) is 7.07. The number of halogens is 1. The Hall–Kier alpha value is -2.80. The van der Waals surface area contributed by atoms with Gasteiger partial charge in [0.1, 0.15) is 12.4 Å². The maximum Gasteiger partial charge on any atom is 0.310 e. The van der Waals surface area contributed by atoms with E-state index in [0.717, 1.165) is 0 Å². The van der Waals surface area contributed by atoms with Crippen molar-refractivity contribution in [3.8, 4) is 11.5 Å². The van der Waals surface area contributed by atoms with E-state index in [1.165, 1.54) is 18.2 Å². The number of nitrogens with one attached hydrogen (secondary N) is 1. The highest BCUT2D eigenvalue weighted by Gasteiger charge is 2.14. The van der Waals surface area contributed by atoms with E-state index in [2.05, 4.69) is 5.32 Å². The second-order valence-corrected chi connectivity index (χ2v) is 5.10. The summed E-state index contributed by atoms with van der Waals surface area (Å²) in [5.74, 6) is 0.299. The Morgan fingerprint density at radius 2 is 1.83 bits per heavy atom. The van der Waals surface area contributed by atoms with Crippen molar-refractivity contribution in [1.29, 1.82) is 0 Å². The zero-order valence-electron chi connectivity index (χ0n) is 12.6. The highest BCUT2D eigenvalue weighted by atomic mass is 35.5. The normalized spacial score (nSPS) is 10.0. The summed E-state index contributed by atoms with van der Waals surface area (Å²) in [7, 11) is 0. The van der Waals surface area contributed by atoms with Gasteiger partial charge in [0.25, 0.3) is 5.91 Å².